The van der Waals surface area contributed by atoms with Crippen LogP contribution in [-0.2, 0) is 4.79 Å². The van der Waals surface area contributed by atoms with Crippen LogP contribution in [0.3, 0.4) is 0 Å². The summed E-state index contributed by atoms with van der Waals surface area (Å²) in [5.41, 5.74) is 6.61. The number of likely N-dealkylation sites (tertiary alicyclic amines) is 1. The maximum absolute atomic E-state index is 12.6. The highest BCUT2D eigenvalue weighted by Gasteiger charge is 2.42. The van der Waals surface area contributed by atoms with Gasteiger partial charge in [-0.05, 0) is 67.6 Å². The Morgan fingerprint density at radius 3 is 2.32 bits per heavy atom. The topological polar surface area (TPSA) is 46.3 Å². The summed E-state index contributed by atoms with van der Waals surface area (Å²) in [6.07, 6.45) is 8.27. The van der Waals surface area contributed by atoms with Crippen molar-refractivity contribution in [3.63, 3.8) is 0 Å². The minimum Gasteiger partial charge on any atom is -0.342 e. The number of hydrogen-bond donors (Lipinski definition) is 1. The van der Waals surface area contributed by atoms with Crippen LogP contribution in [0.5, 0.6) is 0 Å². The summed E-state index contributed by atoms with van der Waals surface area (Å²) in [5, 5.41) is 0. The van der Waals surface area contributed by atoms with E-state index in [9.17, 15) is 4.79 Å². The van der Waals surface area contributed by atoms with Crippen LogP contribution in [-0.4, -0.2) is 29.9 Å². The van der Waals surface area contributed by atoms with Gasteiger partial charge in [0.25, 0.3) is 0 Å². The van der Waals surface area contributed by atoms with E-state index in [2.05, 4.69) is 25.7 Å². The van der Waals surface area contributed by atoms with Crippen molar-refractivity contribution in [3.05, 3.63) is 0 Å². The van der Waals surface area contributed by atoms with Crippen molar-refractivity contribution in [3.8, 4) is 0 Å². The van der Waals surface area contributed by atoms with Gasteiger partial charge in [0.05, 0.1) is 0 Å². The first-order chi connectivity index (χ1) is 10.3. The van der Waals surface area contributed by atoms with Gasteiger partial charge in [-0.2, -0.15) is 0 Å². The molecule has 3 rings (SSSR count). The quantitative estimate of drug-likeness (QED) is 0.849. The molecule has 3 heteroatoms. The van der Waals surface area contributed by atoms with Gasteiger partial charge in [-0.15, -0.1) is 0 Å². The van der Waals surface area contributed by atoms with E-state index in [1.165, 1.54) is 32.1 Å². The number of fused-ring (bicyclic) bond motifs is 1. The Labute approximate surface area is 136 Å². The maximum atomic E-state index is 12.6. The second-order valence-electron chi connectivity index (χ2n) is 9.25. The van der Waals surface area contributed by atoms with Crippen LogP contribution in [0, 0.1) is 29.1 Å². The van der Waals surface area contributed by atoms with Gasteiger partial charge in [0, 0.05) is 25.6 Å². The Hall–Kier alpha value is -0.570. The van der Waals surface area contributed by atoms with Crippen molar-refractivity contribution < 1.29 is 4.79 Å². The maximum Gasteiger partial charge on any atom is 0.222 e. The van der Waals surface area contributed by atoms with Crippen LogP contribution in [0.4, 0.5) is 0 Å². The number of rotatable bonds is 2. The lowest BCUT2D eigenvalue weighted by Crippen LogP contribution is -2.35. The molecule has 3 atom stereocenters. The first kappa shape index (κ1) is 16.3. The van der Waals surface area contributed by atoms with Crippen LogP contribution >= 0.6 is 0 Å². The Morgan fingerprint density at radius 2 is 1.73 bits per heavy atom. The van der Waals surface area contributed by atoms with Gasteiger partial charge in [-0.25, -0.2) is 0 Å². The van der Waals surface area contributed by atoms with Crippen molar-refractivity contribution in [1.29, 1.82) is 0 Å². The molecule has 3 unspecified atom stereocenters. The van der Waals surface area contributed by atoms with Gasteiger partial charge in [0.1, 0.15) is 0 Å². The fourth-order valence-corrected chi connectivity index (χ4v) is 5.12. The van der Waals surface area contributed by atoms with Crippen LogP contribution < -0.4 is 5.73 Å². The van der Waals surface area contributed by atoms with Crippen LogP contribution in [0.25, 0.3) is 0 Å². The minimum absolute atomic E-state index is 0.338. The monoisotopic (exact) mass is 306 g/mol. The standard InChI is InChI=1S/C19H34N2O/c1-19(2,3)15-7-4-13(5-8-15)10-18(22)21-11-14-6-9-17(20)16(14)12-21/h13-17H,4-12,20H2,1-3H3. The SMILES string of the molecule is CC(C)(C)C1CCC(CC(=O)N2CC3CCC(N)C3C2)CC1. The molecule has 0 radical (unpaired) electrons. The fourth-order valence-electron chi connectivity index (χ4n) is 5.12. The van der Waals surface area contributed by atoms with E-state index in [1.807, 2.05) is 0 Å². The molecule has 22 heavy (non-hydrogen) atoms. The molecule has 0 aromatic carbocycles. The predicted molar refractivity (Wildman–Crippen MR) is 90.3 cm³/mol. The summed E-state index contributed by atoms with van der Waals surface area (Å²) in [5.74, 6) is 3.14. The zero-order valence-corrected chi connectivity index (χ0v) is 14.7. The molecule has 1 saturated heterocycles. The largest absolute Gasteiger partial charge is 0.342 e. The highest BCUT2D eigenvalue weighted by atomic mass is 16.2. The molecule has 2 N–H and O–H groups in total. The number of carbonyl (C=O) groups excluding carboxylic acids is 1. The normalized spacial score (nSPS) is 39.1. The molecule has 3 aliphatic rings. The van der Waals surface area contributed by atoms with E-state index in [0.29, 0.717) is 35.1 Å². The van der Waals surface area contributed by atoms with Crippen molar-refractivity contribution >= 4 is 5.91 Å². The lowest BCUT2D eigenvalue weighted by Gasteiger charge is -2.37. The van der Waals surface area contributed by atoms with E-state index in [1.54, 1.807) is 0 Å². The van der Waals surface area contributed by atoms with Gasteiger partial charge in [0.2, 0.25) is 5.91 Å². The molecule has 126 valence electrons. The van der Waals surface area contributed by atoms with E-state index in [0.717, 1.165) is 31.8 Å². The predicted octanol–water partition coefficient (Wildman–Crippen LogP) is 3.42. The lowest BCUT2D eigenvalue weighted by atomic mass is 9.69. The summed E-state index contributed by atoms with van der Waals surface area (Å²) in [4.78, 5) is 14.7. The van der Waals surface area contributed by atoms with Crippen molar-refractivity contribution in [2.24, 2.45) is 34.8 Å². The average Bonchev–Trinajstić information content (AvgIpc) is 3.01. The van der Waals surface area contributed by atoms with Crippen molar-refractivity contribution in [2.45, 2.75) is 71.8 Å². The number of amides is 1. The molecule has 0 aromatic rings. The molecule has 2 aliphatic carbocycles. The molecule has 1 heterocycles. The molecule has 0 aromatic heterocycles. The molecule has 0 spiro atoms. The second-order valence-corrected chi connectivity index (χ2v) is 9.25. The Balaban J connectivity index is 1.46. The molecule has 0 bridgehead atoms. The molecule has 1 aliphatic heterocycles. The van der Waals surface area contributed by atoms with Crippen molar-refractivity contribution in [1.82, 2.24) is 4.90 Å². The van der Waals surface area contributed by atoms with Crippen LogP contribution in [0.2, 0.25) is 0 Å². The van der Waals surface area contributed by atoms with Crippen LogP contribution in [0.15, 0.2) is 0 Å². The number of carbonyl (C=O) groups is 1. The third-order valence-corrected chi connectivity index (χ3v) is 6.80. The molecule has 3 nitrogen and oxygen atoms in total. The third-order valence-electron chi connectivity index (χ3n) is 6.80. The minimum atomic E-state index is 0.338. The van der Waals surface area contributed by atoms with Crippen molar-refractivity contribution in [2.75, 3.05) is 13.1 Å². The summed E-state index contributed by atoms with van der Waals surface area (Å²) in [6.45, 7) is 8.98. The van der Waals surface area contributed by atoms with Gasteiger partial charge in [-0.1, -0.05) is 20.8 Å². The van der Waals surface area contributed by atoms with E-state index in [4.69, 9.17) is 5.73 Å². The van der Waals surface area contributed by atoms with Gasteiger partial charge < -0.3 is 10.6 Å². The number of nitrogens with two attached hydrogens (primary N) is 1. The summed E-state index contributed by atoms with van der Waals surface area (Å²) < 4.78 is 0. The van der Waals surface area contributed by atoms with Gasteiger partial charge >= 0.3 is 0 Å². The zero-order chi connectivity index (χ0) is 15.9. The van der Waals surface area contributed by atoms with E-state index >= 15 is 0 Å². The Morgan fingerprint density at radius 1 is 1.05 bits per heavy atom. The molecule has 2 saturated carbocycles. The summed E-state index contributed by atoms with van der Waals surface area (Å²) >= 11 is 0. The molecule has 1 amide bonds. The van der Waals surface area contributed by atoms with Gasteiger partial charge in [0.15, 0.2) is 0 Å². The molecular formula is C19H34N2O. The Bertz CT molecular complexity index is 406. The summed E-state index contributed by atoms with van der Waals surface area (Å²) in [6, 6.07) is 0.338. The fraction of sp³-hybridized carbons (Fsp3) is 0.947. The lowest BCUT2D eigenvalue weighted by molar-refractivity contribution is -0.131. The Kier molecular flexibility index (Phi) is 4.55. The first-order valence-electron chi connectivity index (χ1n) is 9.38. The van der Waals surface area contributed by atoms with Crippen LogP contribution in [0.1, 0.15) is 65.7 Å². The molecule has 3 fully saturated rings. The van der Waals surface area contributed by atoms with Gasteiger partial charge in [-0.3, -0.25) is 4.79 Å². The summed E-state index contributed by atoms with van der Waals surface area (Å²) in [7, 11) is 0. The second kappa shape index (κ2) is 6.14. The average molecular weight is 306 g/mol. The van der Waals surface area contributed by atoms with E-state index in [-0.39, 0.29) is 0 Å². The smallest absolute Gasteiger partial charge is 0.222 e. The highest BCUT2D eigenvalue weighted by molar-refractivity contribution is 5.76. The number of hydrogen-bond acceptors (Lipinski definition) is 2. The first-order valence-corrected chi connectivity index (χ1v) is 9.38. The zero-order valence-electron chi connectivity index (χ0n) is 14.7. The highest BCUT2D eigenvalue weighted by Crippen LogP contribution is 2.41. The molecular weight excluding hydrogens is 272 g/mol. The number of nitrogens with zero attached hydrogens (tertiary/aromatic N) is 1. The third kappa shape index (κ3) is 3.34. The van der Waals surface area contributed by atoms with E-state index < -0.39 is 0 Å².